The van der Waals surface area contributed by atoms with Crippen LogP contribution in [0.25, 0.3) is 0 Å². The number of carbonyl (C=O) groups excluding carboxylic acids is 2. The molecular weight excluding hydrogens is 376 g/mol. The summed E-state index contributed by atoms with van der Waals surface area (Å²) in [5.41, 5.74) is 2.15. The lowest BCUT2D eigenvalue weighted by atomic mass is 10.1. The second-order valence-electron chi connectivity index (χ2n) is 7.00. The Balaban J connectivity index is 1.41. The van der Waals surface area contributed by atoms with Gasteiger partial charge in [-0.2, -0.15) is 0 Å². The zero-order chi connectivity index (χ0) is 19.9. The van der Waals surface area contributed by atoms with Crippen LogP contribution < -0.4 is 4.74 Å². The van der Waals surface area contributed by atoms with Gasteiger partial charge in [0.05, 0.1) is 0 Å². The number of hydrogen-bond acceptors (Lipinski definition) is 3. The van der Waals surface area contributed by atoms with E-state index in [1.54, 1.807) is 11.0 Å². The van der Waals surface area contributed by atoms with Crippen LogP contribution in [0.3, 0.4) is 0 Å². The van der Waals surface area contributed by atoms with Gasteiger partial charge < -0.3 is 14.5 Å². The van der Waals surface area contributed by atoms with Crippen LogP contribution in [0.5, 0.6) is 5.75 Å². The van der Waals surface area contributed by atoms with E-state index >= 15 is 0 Å². The number of nitrogens with zero attached hydrogens (tertiary/aromatic N) is 2. The Morgan fingerprint density at radius 3 is 2.25 bits per heavy atom. The van der Waals surface area contributed by atoms with Gasteiger partial charge in [0.25, 0.3) is 5.91 Å². The molecule has 6 heteroatoms. The molecule has 0 atom stereocenters. The molecule has 0 saturated carbocycles. The Morgan fingerprint density at radius 2 is 1.61 bits per heavy atom. The highest BCUT2D eigenvalue weighted by Crippen LogP contribution is 2.20. The topological polar surface area (TPSA) is 49.9 Å². The van der Waals surface area contributed by atoms with Crippen molar-refractivity contribution in [2.45, 2.75) is 19.8 Å². The summed E-state index contributed by atoms with van der Waals surface area (Å²) >= 11 is 6.01. The van der Waals surface area contributed by atoms with Crippen LogP contribution in [0, 0.1) is 6.92 Å². The number of piperazine rings is 1. The van der Waals surface area contributed by atoms with Crippen molar-refractivity contribution in [3.05, 3.63) is 64.7 Å². The maximum atomic E-state index is 12.4. The van der Waals surface area contributed by atoms with Crippen LogP contribution in [-0.4, -0.2) is 54.4 Å². The molecule has 1 heterocycles. The number of carbonyl (C=O) groups is 2. The molecule has 148 valence electrons. The third kappa shape index (κ3) is 5.73. The maximum absolute atomic E-state index is 12.4. The van der Waals surface area contributed by atoms with Crippen molar-refractivity contribution in [3.63, 3.8) is 0 Å². The van der Waals surface area contributed by atoms with Gasteiger partial charge in [0.2, 0.25) is 5.91 Å². The van der Waals surface area contributed by atoms with Crippen molar-refractivity contribution in [1.82, 2.24) is 9.80 Å². The minimum atomic E-state index is -0.0750. The molecule has 1 saturated heterocycles. The molecule has 0 spiro atoms. The lowest BCUT2D eigenvalue weighted by Gasteiger charge is -2.34. The third-order valence-corrected chi connectivity index (χ3v) is 5.05. The highest BCUT2D eigenvalue weighted by atomic mass is 35.5. The number of aryl methyl sites for hydroxylation is 2. The summed E-state index contributed by atoms with van der Waals surface area (Å²) in [6.45, 7) is 4.10. The molecule has 2 amide bonds. The fraction of sp³-hybridized carbons (Fsp3) is 0.364. The molecule has 3 rings (SSSR count). The first-order chi connectivity index (χ1) is 13.5. The molecule has 0 unspecified atom stereocenters. The molecule has 1 aliphatic rings. The number of rotatable bonds is 6. The van der Waals surface area contributed by atoms with Gasteiger partial charge in [0, 0.05) is 37.6 Å². The molecule has 1 fully saturated rings. The molecule has 2 aromatic carbocycles. The zero-order valence-electron chi connectivity index (χ0n) is 16.1. The summed E-state index contributed by atoms with van der Waals surface area (Å²) < 4.78 is 5.59. The minimum absolute atomic E-state index is 0.0261. The molecule has 0 N–H and O–H groups in total. The van der Waals surface area contributed by atoms with E-state index in [0.717, 1.165) is 17.5 Å². The van der Waals surface area contributed by atoms with Gasteiger partial charge in [-0.05, 0) is 42.7 Å². The number of amides is 2. The smallest absolute Gasteiger partial charge is 0.260 e. The first kappa shape index (κ1) is 20.2. The second-order valence-corrected chi connectivity index (χ2v) is 7.44. The van der Waals surface area contributed by atoms with Gasteiger partial charge in [0.1, 0.15) is 5.75 Å². The largest absolute Gasteiger partial charge is 0.484 e. The fourth-order valence-corrected chi connectivity index (χ4v) is 3.56. The van der Waals surface area contributed by atoms with Crippen LogP contribution >= 0.6 is 11.6 Å². The molecular formula is C22H25ClN2O3. The summed E-state index contributed by atoms with van der Waals surface area (Å²) in [6, 6.07) is 15.4. The zero-order valence-corrected chi connectivity index (χ0v) is 16.8. The van der Waals surface area contributed by atoms with Crippen molar-refractivity contribution in [2.75, 3.05) is 32.8 Å². The summed E-state index contributed by atoms with van der Waals surface area (Å²) in [5.74, 6) is 0.656. The molecule has 0 bridgehead atoms. The summed E-state index contributed by atoms with van der Waals surface area (Å²) in [5, 5.41) is 0.588. The summed E-state index contributed by atoms with van der Waals surface area (Å²) in [6.07, 6.45) is 1.24. The Bertz CT molecular complexity index is 798. The minimum Gasteiger partial charge on any atom is -0.484 e. The first-order valence-corrected chi connectivity index (χ1v) is 9.88. The maximum Gasteiger partial charge on any atom is 0.260 e. The van der Waals surface area contributed by atoms with Crippen LogP contribution in [0.1, 0.15) is 17.5 Å². The van der Waals surface area contributed by atoms with E-state index in [2.05, 4.69) is 0 Å². The lowest BCUT2D eigenvalue weighted by molar-refractivity contribution is -0.140. The summed E-state index contributed by atoms with van der Waals surface area (Å²) in [4.78, 5) is 28.4. The number of halogens is 1. The molecule has 0 aromatic heterocycles. The van der Waals surface area contributed by atoms with Gasteiger partial charge in [-0.1, -0.05) is 41.9 Å². The number of ether oxygens (including phenoxy) is 1. The van der Waals surface area contributed by atoms with E-state index in [9.17, 15) is 9.59 Å². The van der Waals surface area contributed by atoms with Gasteiger partial charge in [0.15, 0.2) is 6.61 Å². The van der Waals surface area contributed by atoms with Crippen LogP contribution in [0.4, 0.5) is 0 Å². The Hall–Kier alpha value is -2.53. The van der Waals surface area contributed by atoms with E-state index in [1.165, 1.54) is 0 Å². The standard InChI is InChI=1S/C22H25ClN2O3/c1-17-13-19(23)15-20(14-17)28-16-22(27)25-11-9-24(10-12-25)21(26)8-7-18-5-3-2-4-6-18/h2-6,13-15H,7-12,16H2,1H3. The van der Waals surface area contributed by atoms with Gasteiger partial charge >= 0.3 is 0 Å². The predicted molar refractivity (Wildman–Crippen MR) is 110 cm³/mol. The number of benzene rings is 2. The van der Waals surface area contributed by atoms with E-state index in [0.29, 0.717) is 43.4 Å². The monoisotopic (exact) mass is 400 g/mol. The van der Waals surface area contributed by atoms with Crippen molar-refractivity contribution in [2.24, 2.45) is 0 Å². The second kappa shape index (κ2) is 9.60. The molecule has 0 aliphatic carbocycles. The Morgan fingerprint density at radius 1 is 0.964 bits per heavy atom. The van der Waals surface area contributed by atoms with Gasteiger partial charge in [-0.25, -0.2) is 0 Å². The molecule has 2 aromatic rings. The van der Waals surface area contributed by atoms with E-state index < -0.39 is 0 Å². The highest BCUT2D eigenvalue weighted by molar-refractivity contribution is 6.30. The SMILES string of the molecule is Cc1cc(Cl)cc(OCC(=O)N2CCN(C(=O)CCc3ccccc3)CC2)c1. The van der Waals surface area contributed by atoms with Crippen LogP contribution in [0.15, 0.2) is 48.5 Å². The molecule has 5 nitrogen and oxygen atoms in total. The van der Waals surface area contributed by atoms with Gasteiger partial charge in [-0.15, -0.1) is 0 Å². The van der Waals surface area contributed by atoms with Gasteiger partial charge in [-0.3, -0.25) is 9.59 Å². The lowest BCUT2D eigenvalue weighted by Crippen LogP contribution is -2.51. The molecule has 28 heavy (non-hydrogen) atoms. The van der Waals surface area contributed by atoms with Crippen molar-refractivity contribution in [3.8, 4) is 5.75 Å². The van der Waals surface area contributed by atoms with Crippen molar-refractivity contribution in [1.29, 1.82) is 0 Å². The predicted octanol–water partition coefficient (Wildman–Crippen LogP) is 3.33. The Kier molecular flexibility index (Phi) is 6.93. The average Bonchev–Trinajstić information content (AvgIpc) is 2.70. The quantitative estimate of drug-likeness (QED) is 0.747. The van der Waals surface area contributed by atoms with Crippen molar-refractivity contribution < 1.29 is 14.3 Å². The number of hydrogen-bond donors (Lipinski definition) is 0. The van der Waals surface area contributed by atoms with Crippen molar-refractivity contribution >= 4 is 23.4 Å². The highest BCUT2D eigenvalue weighted by Gasteiger charge is 2.24. The summed E-state index contributed by atoms with van der Waals surface area (Å²) in [7, 11) is 0. The third-order valence-electron chi connectivity index (χ3n) is 4.83. The van der Waals surface area contributed by atoms with Crippen LogP contribution in [0.2, 0.25) is 5.02 Å². The first-order valence-electron chi connectivity index (χ1n) is 9.51. The normalized spacial score (nSPS) is 14.1. The van der Waals surface area contributed by atoms with E-state index in [1.807, 2.05) is 54.3 Å². The average molecular weight is 401 g/mol. The Labute approximate surface area is 170 Å². The van der Waals surface area contributed by atoms with Crippen LogP contribution in [-0.2, 0) is 16.0 Å². The van der Waals surface area contributed by atoms with E-state index in [4.69, 9.17) is 16.3 Å². The molecule has 0 radical (unpaired) electrons. The van der Waals surface area contributed by atoms with E-state index in [-0.39, 0.29) is 18.4 Å². The molecule has 1 aliphatic heterocycles. The fourth-order valence-electron chi connectivity index (χ4n) is 3.28.